The van der Waals surface area contributed by atoms with Crippen LogP contribution in [0.15, 0.2) is 84.9 Å². The Morgan fingerprint density at radius 1 is 0.576 bits per heavy atom. The van der Waals surface area contributed by atoms with Crippen LogP contribution in [0.3, 0.4) is 0 Å². The SMILES string of the molecule is CC(=O)c1cc2c(cc1C)[Si](c1ccccc1)(c1ccccc1)c1cc(C)c(C(C)=O)cc1-2. The van der Waals surface area contributed by atoms with Crippen molar-refractivity contribution >= 4 is 40.4 Å². The van der Waals surface area contributed by atoms with Gasteiger partial charge in [-0.15, -0.1) is 0 Å². The molecule has 0 saturated carbocycles. The molecule has 0 aliphatic carbocycles. The molecular formula is C30H26O2Si. The van der Waals surface area contributed by atoms with Gasteiger partial charge in [0.1, 0.15) is 0 Å². The first-order chi connectivity index (χ1) is 15.9. The molecule has 33 heavy (non-hydrogen) atoms. The second-order valence-electron chi connectivity index (χ2n) is 9.02. The Bertz CT molecular complexity index is 1310. The summed E-state index contributed by atoms with van der Waals surface area (Å²) >= 11 is 0. The average Bonchev–Trinajstić information content (AvgIpc) is 3.07. The molecule has 0 spiro atoms. The molecule has 4 aromatic rings. The van der Waals surface area contributed by atoms with Crippen molar-refractivity contribution in [1.82, 2.24) is 0 Å². The normalized spacial score (nSPS) is 13.3. The highest BCUT2D eigenvalue weighted by Gasteiger charge is 2.49. The molecule has 0 aromatic heterocycles. The van der Waals surface area contributed by atoms with Crippen LogP contribution in [0.1, 0.15) is 45.7 Å². The van der Waals surface area contributed by atoms with Crippen molar-refractivity contribution in [2.24, 2.45) is 0 Å². The molecule has 1 aliphatic rings. The molecule has 0 fully saturated rings. The summed E-state index contributed by atoms with van der Waals surface area (Å²) in [5.41, 5.74) is 5.67. The number of carbonyl (C=O) groups is 2. The maximum Gasteiger partial charge on any atom is 0.180 e. The van der Waals surface area contributed by atoms with Crippen LogP contribution in [0.5, 0.6) is 0 Å². The molecular weight excluding hydrogens is 420 g/mol. The fourth-order valence-corrected chi connectivity index (χ4v) is 10.9. The van der Waals surface area contributed by atoms with Gasteiger partial charge in [0.25, 0.3) is 0 Å². The summed E-state index contributed by atoms with van der Waals surface area (Å²) in [5.74, 6) is 0.128. The number of fused-ring (bicyclic) bond motifs is 3. The van der Waals surface area contributed by atoms with Gasteiger partial charge in [0, 0.05) is 11.1 Å². The zero-order valence-corrected chi connectivity index (χ0v) is 20.4. The number of ketones is 2. The van der Waals surface area contributed by atoms with Gasteiger partial charge in [-0.3, -0.25) is 9.59 Å². The van der Waals surface area contributed by atoms with Crippen LogP contribution in [0.4, 0.5) is 0 Å². The largest absolute Gasteiger partial charge is 0.295 e. The molecule has 0 radical (unpaired) electrons. The van der Waals surface area contributed by atoms with Gasteiger partial charge in [-0.05, 0) is 82.8 Å². The predicted molar refractivity (Wildman–Crippen MR) is 139 cm³/mol. The highest BCUT2D eigenvalue weighted by Crippen LogP contribution is 2.32. The molecule has 0 saturated heterocycles. The number of hydrogen-bond donors (Lipinski definition) is 0. The smallest absolute Gasteiger partial charge is 0.180 e. The first kappa shape index (κ1) is 21.3. The Labute approximate surface area is 195 Å². The van der Waals surface area contributed by atoms with Gasteiger partial charge in [-0.1, -0.05) is 72.8 Å². The Balaban J connectivity index is 2.01. The summed E-state index contributed by atoms with van der Waals surface area (Å²) in [4.78, 5) is 24.9. The van der Waals surface area contributed by atoms with E-state index in [2.05, 4.69) is 84.9 Å². The number of carbonyl (C=O) groups excluding carboxylic acids is 2. The minimum absolute atomic E-state index is 0.0642. The van der Waals surface area contributed by atoms with E-state index in [0.29, 0.717) is 0 Å². The quantitative estimate of drug-likeness (QED) is 0.308. The van der Waals surface area contributed by atoms with E-state index in [1.165, 1.54) is 20.7 Å². The number of aryl methyl sites for hydroxylation is 2. The lowest BCUT2D eigenvalue weighted by Crippen LogP contribution is -2.72. The van der Waals surface area contributed by atoms with Crippen molar-refractivity contribution in [2.45, 2.75) is 27.7 Å². The van der Waals surface area contributed by atoms with Crippen LogP contribution in [-0.2, 0) is 0 Å². The van der Waals surface area contributed by atoms with Crippen molar-refractivity contribution in [2.75, 3.05) is 0 Å². The Morgan fingerprint density at radius 3 is 1.27 bits per heavy atom. The second kappa shape index (κ2) is 7.79. The average molecular weight is 447 g/mol. The van der Waals surface area contributed by atoms with Crippen LogP contribution in [0.25, 0.3) is 11.1 Å². The van der Waals surface area contributed by atoms with Gasteiger partial charge in [-0.25, -0.2) is 0 Å². The van der Waals surface area contributed by atoms with Crippen LogP contribution in [0.2, 0.25) is 0 Å². The molecule has 3 heteroatoms. The fourth-order valence-electron chi connectivity index (χ4n) is 5.55. The number of hydrogen-bond acceptors (Lipinski definition) is 2. The van der Waals surface area contributed by atoms with Gasteiger partial charge in [0.15, 0.2) is 19.6 Å². The van der Waals surface area contributed by atoms with Crippen molar-refractivity contribution in [1.29, 1.82) is 0 Å². The number of Topliss-reactive ketones (excluding diaryl/α,β-unsaturated/α-hetero) is 2. The zero-order chi connectivity index (χ0) is 23.3. The van der Waals surface area contributed by atoms with E-state index in [1.807, 2.05) is 13.8 Å². The van der Waals surface area contributed by atoms with E-state index in [9.17, 15) is 9.59 Å². The number of benzene rings is 4. The second-order valence-corrected chi connectivity index (χ2v) is 12.8. The lowest BCUT2D eigenvalue weighted by Gasteiger charge is -2.32. The third-order valence-corrected chi connectivity index (χ3v) is 11.8. The lowest BCUT2D eigenvalue weighted by molar-refractivity contribution is 0.100. The summed E-state index contributed by atoms with van der Waals surface area (Å²) in [6, 6.07) is 30.1. The first-order valence-corrected chi connectivity index (χ1v) is 13.3. The van der Waals surface area contributed by atoms with Gasteiger partial charge >= 0.3 is 0 Å². The molecule has 4 aromatic carbocycles. The van der Waals surface area contributed by atoms with Crippen molar-refractivity contribution in [3.63, 3.8) is 0 Å². The Morgan fingerprint density at radius 2 is 0.939 bits per heavy atom. The van der Waals surface area contributed by atoms with E-state index < -0.39 is 8.07 Å². The number of rotatable bonds is 4. The summed E-state index contributed by atoms with van der Waals surface area (Å²) in [7, 11) is -2.63. The Kier molecular flexibility index (Phi) is 5.02. The maximum atomic E-state index is 12.5. The standard InChI is InChI=1S/C30H26O2Si/c1-19-15-29-27(17-25(19)21(3)31)28-18-26(22(4)32)20(2)16-30(28)33(29,23-11-7-5-8-12-23)24-13-9-6-10-14-24/h5-18H,1-4H3. The molecule has 1 aliphatic heterocycles. The van der Waals surface area contributed by atoms with Crippen molar-refractivity contribution < 1.29 is 9.59 Å². The zero-order valence-electron chi connectivity index (χ0n) is 19.4. The minimum atomic E-state index is -2.63. The fraction of sp³-hybridized carbons (Fsp3) is 0.133. The van der Waals surface area contributed by atoms with E-state index in [1.54, 1.807) is 13.8 Å². The summed E-state index contributed by atoms with van der Waals surface area (Å²) in [6.07, 6.45) is 0. The van der Waals surface area contributed by atoms with E-state index in [-0.39, 0.29) is 11.6 Å². The van der Waals surface area contributed by atoms with E-state index >= 15 is 0 Å². The highest BCUT2D eigenvalue weighted by molar-refractivity contribution is 7.22. The predicted octanol–water partition coefficient (Wildman–Crippen LogP) is 4.07. The summed E-state index contributed by atoms with van der Waals surface area (Å²) in [6.45, 7) is 7.31. The topological polar surface area (TPSA) is 34.1 Å². The van der Waals surface area contributed by atoms with Crippen molar-refractivity contribution in [3.05, 3.63) is 107 Å². The van der Waals surface area contributed by atoms with Gasteiger partial charge < -0.3 is 0 Å². The monoisotopic (exact) mass is 446 g/mol. The molecule has 0 atom stereocenters. The Hall–Kier alpha value is -3.56. The maximum absolute atomic E-state index is 12.5. The summed E-state index contributed by atoms with van der Waals surface area (Å²) in [5, 5.41) is 5.19. The van der Waals surface area contributed by atoms with E-state index in [4.69, 9.17) is 0 Å². The first-order valence-electron chi connectivity index (χ1n) is 11.3. The van der Waals surface area contributed by atoms with Crippen molar-refractivity contribution in [3.8, 4) is 11.1 Å². The van der Waals surface area contributed by atoms with Crippen LogP contribution in [0, 0.1) is 13.8 Å². The van der Waals surface area contributed by atoms with Crippen LogP contribution in [-0.4, -0.2) is 19.6 Å². The van der Waals surface area contributed by atoms with Gasteiger partial charge in [-0.2, -0.15) is 0 Å². The lowest BCUT2D eigenvalue weighted by atomic mass is 9.94. The van der Waals surface area contributed by atoms with Crippen LogP contribution >= 0.6 is 0 Å². The minimum Gasteiger partial charge on any atom is -0.295 e. The van der Waals surface area contributed by atoms with Gasteiger partial charge in [0.05, 0.1) is 0 Å². The molecule has 5 rings (SSSR count). The molecule has 2 nitrogen and oxygen atoms in total. The molecule has 0 N–H and O–H groups in total. The molecule has 162 valence electrons. The third-order valence-electron chi connectivity index (χ3n) is 7.00. The van der Waals surface area contributed by atoms with Crippen LogP contribution < -0.4 is 20.7 Å². The van der Waals surface area contributed by atoms with Gasteiger partial charge in [0.2, 0.25) is 0 Å². The van der Waals surface area contributed by atoms with E-state index in [0.717, 1.165) is 33.4 Å². The highest BCUT2D eigenvalue weighted by atomic mass is 28.3. The molecule has 0 amide bonds. The summed E-state index contributed by atoms with van der Waals surface area (Å²) < 4.78 is 0. The molecule has 0 bridgehead atoms. The molecule has 0 unspecified atom stereocenters. The third kappa shape index (κ3) is 3.07. The molecule has 1 heterocycles.